The lowest BCUT2D eigenvalue weighted by Crippen LogP contribution is -2.12. The van der Waals surface area contributed by atoms with Crippen molar-refractivity contribution in [1.82, 2.24) is 9.55 Å². The number of hydrogen-bond donors (Lipinski definition) is 0. The quantitative estimate of drug-likeness (QED) is 0.755. The van der Waals surface area contributed by atoms with Crippen LogP contribution in [0.5, 0.6) is 0 Å². The molecule has 0 aliphatic carbocycles. The Hall–Kier alpha value is -1.17. The molecule has 4 heteroatoms. The highest BCUT2D eigenvalue weighted by molar-refractivity contribution is 14.1. The maximum Gasteiger partial charge on any atom is 0.182 e. The van der Waals surface area contributed by atoms with Gasteiger partial charge in [0.15, 0.2) is 5.43 Å². The van der Waals surface area contributed by atoms with E-state index in [0.717, 1.165) is 20.8 Å². The molecular weight excluding hydrogens is 315 g/mol. The van der Waals surface area contributed by atoms with Gasteiger partial charge in [0.05, 0.1) is 0 Å². The summed E-state index contributed by atoms with van der Waals surface area (Å²) in [6.45, 7) is 3.82. The summed E-state index contributed by atoms with van der Waals surface area (Å²) in [7, 11) is 0. The van der Waals surface area contributed by atoms with Crippen LogP contribution in [0.25, 0.3) is 5.82 Å². The fourth-order valence-electron chi connectivity index (χ4n) is 1.72. The lowest BCUT2D eigenvalue weighted by Gasteiger charge is -2.12. The lowest BCUT2D eigenvalue weighted by molar-refractivity contribution is 0.886. The van der Waals surface area contributed by atoms with Gasteiger partial charge in [-0.25, -0.2) is 4.98 Å². The van der Waals surface area contributed by atoms with Gasteiger partial charge < -0.3 is 4.57 Å². The number of rotatable bonds is 1. The van der Waals surface area contributed by atoms with Crippen LogP contribution in [0.2, 0.25) is 0 Å². The Bertz CT molecular complexity index is 546. The molecule has 0 aromatic carbocycles. The van der Waals surface area contributed by atoms with Crippen LogP contribution in [-0.4, -0.2) is 9.55 Å². The van der Waals surface area contributed by atoms with Crippen molar-refractivity contribution in [2.75, 3.05) is 0 Å². The molecule has 0 aliphatic heterocycles. The smallest absolute Gasteiger partial charge is 0.182 e. The fourth-order valence-corrected chi connectivity index (χ4v) is 2.04. The average molecular weight is 326 g/mol. The first-order valence-electron chi connectivity index (χ1n) is 4.90. The minimum atomic E-state index is 0.0387. The second-order valence-electron chi connectivity index (χ2n) is 3.64. The number of aryl methyl sites for hydroxylation is 2. The molecule has 0 unspecified atom stereocenters. The topological polar surface area (TPSA) is 34.9 Å². The predicted octanol–water partition coefficient (Wildman–Crippen LogP) is 2.45. The van der Waals surface area contributed by atoms with Gasteiger partial charge in [-0.15, -0.1) is 0 Å². The Morgan fingerprint density at radius 2 is 1.81 bits per heavy atom. The van der Waals surface area contributed by atoms with Crippen molar-refractivity contribution in [1.29, 1.82) is 0 Å². The molecule has 0 spiro atoms. The molecule has 0 saturated carbocycles. The van der Waals surface area contributed by atoms with Gasteiger partial charge in [0.25, 0.3) is 0 Å². The highest BCUT2D eigenvalue weighted by Crippen LogP contribution is 2.12. The molecule has 0 radical (unpaired) electrons. The third-order valence-electron chi connectivity index (χ3n) is 2.35. The first-order chi connectivity index (χ1) is 7.58. The Kier molecular flexibility index (Phi) is 3.09. The van der Waals surface area contributed by atoms with Gasteiger partial charge in [-0.05, 0) is 48.6 Å². The van der Waals surface area contributed by atoms with E-state index >= 15 is 0 Å². The van der Waals surface area contributed by atoms with E-state index in [0.29, 0.717) is 0 Å². The third kappa shape index (κ3) is 2.16. The van der Waals surface area contributed by atoms with E-state index in [2.05, 4.69) is 27.6 Å². The normalized spacial score (nSPS) is 10.4. The molecule has 0 aliphatic rings. The van der Waals surface area contributed by atoms with Gasteiger partial charge in [0.2, 0.25) is 0 Å². The van der Waals surface area contributed by atoms with Crippen molar-refractivity contribution in [3.05, 3.63) is 55.6 Å². The number of nitrogens with zero attached hydrogens (tertiary/aromatic N) is 2. The molecule has 0 fully saturated rings. The van der Waals surface area contributed by atoms with Crippen LogP contribution in [0.15, 0.2) is 35.3 Å². The zero-order chi connectivity index (χ0) is 11.7. The highest BCUT2D eigenvalue weighted by atomic mass is 127. The van der Waals surface area contributed by atoms with E-state index in [9.17, 15) is 4.79 Å². The van der Waals surface area contributed by atoms with Crippen LogP contribution in [0, 0.1) is 17.4 Å². The minimum absolute atomic E-state index is 0.0387. The Morgan fingerprint density at radius 1 is 1.19 bits per heavy atom. The van der Waals surface area contributed by atoms with Crippen LogP contribution in [0.3, 0.4) is 0 Å². The molecule has 3 nitrogen and oxygen atoms in total. The molecule has 2 heterocycles. The summed E-state index contributed by atoms with van der Waals surface area (Å²) < 4.78 is 3.06. The van der Waals surface area contributed by atoms with Crippen LogP contribution < -0.4 is 5.43 Å². The Balaban J connectivity index is 2.64. The van der Waals surface area contributed by atoms with Crippen molar-refractivity contribution in [3.8, 4) is 5.82 Å². The van der Waals surface area contributed by atoms with Crippen LogP contribution in [0.1, 0.15) is 11.4 Å². The maximum atomic E-state index is 11.3. The lowest BCUT2D eigenvalue weighted by atomic mass is 10.3. The summed E-state index contributed by atoms with van der Waals surface area (Å²) in [4.78, 5) is 15.7. The Morgan fingerprint density at radius 3 is 2.31 bits per heavy atom. The van der Waals surface area contributed by atoms with Gasteiger partial charge in [-0.2, -0.15) is 0 Å². The average Bonchev–Trinajstić information content (AvgIpc) is 2.19. The third-order valence-corrected chi connectivity index (χ3v) is 2.99. The molecule has 16 heavy (non-hydrogen) atoms. The second-order valence-corrected chi connectivity index (χ2v) is 4.89. The highest BCUT2D eigenvalue weighted by Gasteiger charge is 2.04. The molecule has 0 saturated heterocycles. The number of halogens is 1. The first kappa shape index (κ1) is 11.3. The predicted molar refractivity (Wildman–Crippen MR) is 72.0 cm³/mol. The summed E-state index contributed by atoms with van der Waals surface area (Å²) in [5.41, 5.74) is 1.84. The summed E-state index contributed by atoms with van der Waals surface area (Å²) >= 11 is 2.22. The van der Waals surface area contributed by atoms with Crippen molar-refractivity contribution in [2.45, 2.75) is 13.8 Å². The van der Waals surface area contributed by atoms with Gasteiger partial charge in [-0.3, -0.25) is 4.79 Å². The number of aromatic nitrogens is 2. The summed E-state index contributed by atoms with van der Waals surface area (Å²) in [6, 6.07) is 7.19. The molecule has 0 bridgehead atoms. The molecule has 82 valence electrons. The molecule has 0 amide bonds. The Labute approximate surface area is 107 Å². The monoisotopic (exact) mass is 326 g/mol. The molecule has 0 N–H and O–H groups in total. The number of pyridine rings is 2. The molecule has 2 aromatic rings. The van der Waals surface area contributed by atoms with Gasteiger partial charge in [0, 0.05) is 33.3 Å². The zero-order valence-electron chi connectivity index (χ0n) is 9.07. The molecule has 0 atom stereocenters. The van der Waals surface area contributed by atoms with E-state index < -0.39 is 0 Å². The zero-order valence-corrected chi connectivity index (χ0v) is 11.2. The molecular formula is C12H11IN2O. The summed E-state index contributed by atoms with van der Waals surface area (Å²) in [5, 5.41) is 0. The standard InChI is InChI=1S/C12H11IN2O/c1-8-5-11(16)6-9(2)15(8)12-4-3-10(13)7-14-12/h3-7H,1-2H3. The van der Waals surface area contributed by atoms with Gasteiger partial charge >= 0.3 is 0 Å². The second kappa shape index (κ2) is 4.37. The first-order valence-corrected chi connectivity index (χ1v) is 5.98. The largest absolute Gasteiger partial charge is 0.303 e. The van der Waals surface area contributed by atoms with E-state index in [-0.39, 0.29) is 5.43 Å². The molecule has 2 aromatic heterocycles. The van der Waals surface area contributed by atoms with E-state index in [4.69, 9.17) is 0 Å². The van der Waals surface area contributed by atoms with Crippen molar-refractivity contribution < 1.29 is 0 Å². The number of hydrogen-bond acceptors (Lipinski definition) is 2. The maximum absolute atomic E-state index is 11.3. The van der Waals surface area contributed by atoms with E-state index in [1.54, 1.807) is 12.1 Å². The van der Waals surface area contributed by atoms with Crippen LogP contribution >= 0.6 is 22.6 Å². The fraction of sp³-hybridized carbons (Fsp3) is 0.167. The van der Waals surface area contributed by atoms with Crippen LogP contribution in [0.4, 0.5) is 0 Å². The summed E-state index contributed by atoms with van der Waals surface area (Å²) in [5.74, 6) is 0.843. The molecule has 2 rings (SSSR count). The van der Waals surface area contributed by atoms with Crippen LogP contribution in [-0.2, 0) is 0 Å². The SMILES string of the molecule is Cc1cc(=O)cc(C)n1-c1ccc(I)cn1. The van der Waals surface area contributed by atoms with Gasteiger partial charge in [0.1, 0.15) is 5.82 Å². The van der Waals surface area contributed by atoms with Crippen molar-refractivity contribution in [3.63, 3.8) is 0 Å². The summed E-state index contributed by atoms with van der Waals surface area (Å²) in [6.07, 6.45) is 1.81. The van der Waals surface area contributed by atoms with Crippen molar-refractivity contribution >= 4 is 22.6 Å². The van der Waals surface area contributed by atoms with E-state index in [1.807, 2.05) is 36.7 Å². The van der Waals surface area contributed by atoms with Gasteiger partial charge in [-0.1, -0.05) is 0 Å². The van der Waals surface area contributed by atoms with Crippen molar-refractivity contribution in [2.24, 2.45) is 0 Å². The van der Waals surface area contributed by atoms with E-state index in [1.165, 1.54) is 0 Å². The minimum Gasteiger partial charge on any atom is -0.303 e.